The smallest absolute Gasteiger partial charge is 0.341 e. The number of phenolic OH excluding ortho intramolecular Hbond substituents is 2. The van der Waals surface area contributed by atoms with Crippen molar-refractivity contribution < 1.29 is 24.5 Å². The Hall–Kier alpha value is -5.41. The minimum atomic E-state index is -1.62. The topological polar surface area (TPSA) is 188 Å². The lowest BCUT2D eigenvalue weighted by atomic mass is 9.77. The van der Waals surface area contributed by atoms with Crippen LogP contribution in [0.3, 0.4) is 0 Å². The molecule has 0 bridgehead atoms. The van der Waals surface area contributed by atoms with Crippen LogP contribution in [0.5, 0.6) is 23.0 Å². The highest BCUT2D eigenvalue weighted by atomic mass is 127. The highest BCUT2D eigenvalue weighted by Gasteiger charge is 2.58. The molecule has 386 valence electrons. The highest BCUT2D eigenvalue weighted by Crippen LogP contribution is 2.63. The number of nitrogens with zero attached hydrogens (tertiary/aromatic N) is 6. The largest absolute Gasteiger partial charge is 0.506 e. The number of esters is 1. The zero-order chi connectivity index (χ0) is 54.5. The van der Waals surface area contributed by atoms with Gasteiger partial charge in [-0.3, -0.25) is 0 Å². The molecule has 0 fully saturated rings. The molecule has 2 aliphatic rings. The molecule has 1 spiro atoms. The number of benzene rings is 9. The van der Waals surface area contributed by atoms with Gasteiger partial charge in [-0.2, -0.15) is 25.6 Å². The van der Waals surface area contributed by atoms with Gasteiger partial charge in [0.25, 0.3) is 0 Å². The van der Waals surface area contributed by atoms with Gasteiger partial charge in [0.2, 0.25) is 0 Å². The molecule has 5 N–H and O–H groups in total. The summed E-state index contributed by atoms with van der Waals surface area (Å²) in [6, 6.07) is 49.7. The second-order valence-electron chi connectivity index (χ2n) is 16.6. The lowest BCUT2D eigenvalue weighted by molar-refractivity contribution is 0.0223. The SMILES string of the molecule is CCNc1ccc2ccccc2c1N=Nc1ccc(N=Nc2ccccc2)cc1.Nc1ccc(N=Nc2ccccc2)cc1.O=C1OC2(c3cc(I)c(O)c(I)c3Oc3c2cc(I)c(O)c3I)c2c(Cl)c(Cl)c(Cl)c(Cl)c21. The van der Waals surface area contributed by atoms with E-state index < -0.39 is 11.6 Å². The summed E-state index contributed by atoms with van der Waals surface area (Å²) in [6.45, 7) is 2.89. The van der Waals surface area contributed by atoms with Crippen molar-refractivity contribution in [2.75, 3.05) is 17.6 Å². The van der Waals surface area contributed by atoms with Crippen LogP contribution >= 0.6 is 137 Å². The van der Waals surface area contributed by atoms with Crippen LogP contribution in [0, 0.1) is 14.3 Å². The summed E-state index contributed by atoms with van der Waals surface area (Å²) >= 11 is 33.7. The number of ether oxygens (including phenoxy) is 2. The number of halogens is 8. The molecule has 2 heterocycles. The second-order valence-corrected chi connectivity index (χ2v) is 22.6. The molecule has 0 atom stereocenters. The summed E-state index contributed by atoms with van der Waals surface area (Å²) in [7, 11) is 0. The molecule has 77 heavy (non-hydrogen) atoms. The van der Waals surface area contributed by atoms with E-state index in [1.807, 2.05) is 206 Å². The molecule has 0 aliphatic carbocycles. The number of hydrogen-bond donors (Lipinski definition) is 4. The Labute approximate surface area is 515 Å². The number of aromatic hydroxyl groups is 2. The average Bonchev–Trinajstić information content (AvgIpc) is 3.91. The third-order valence-electron chi connectivity index (χ3n) is 11.7. The first-order chi connectivity index (χ1) is 37.1. The predicted molar refractivity (Wildman–Crippen MR) is 340 cm³/mol. The number of carbonyl (C=O) groups is 1. The molecular formula is C56H36Cl4I4N8O5. The number of rotatable bonds is 8. The monoisotopic (exact) mass is 1550 g/mol. The van der Waals surface area contributed by atoms with Gasteiger partial charge in [-0.25, -0.2) is 4.79 Å². The van der Waals surface area contributed by atoms with E-state index in [0.29, 0.717) is 25.4 Å². The Morgan fingerprint density at radius 1 is 0.558 bits per heavy atom. The summed E-state index contributed by atoms with van der Waals surface area (Å²) in [5.74, 6) is -0.246. The lowest BCUT2D eigenvalue weighted by Gasteiger charge is -2.38. The fraction of sp³-hybridized carbons (Fsp3) is 0.0536. The number of fused-ring (bicyclic) bond motifs is 7. The predicted octanol–water partition coefficient (Wildman–Crippen LogP) is 20.5. The maximum Gasteiger partial charge on any atom is 0.341 e. The molecule has 9 aromatic carbocycles. The molecule has 21 heteroatoms. The van der Waals surface area contributed by atoms with E-state index in [9.17, 15) is 15.0 Å². The zero-order valence-electron chi connectivity index (χ0n) is 39.6. The number of carbonyl (C=O) groups excluding carboxylic acids is 1. The third-order valence-corrected chi connectivity index (χ3v) is 17.1. The quantitative estimate of drug-likeness (QED) is 0.0291. The van der Waals surface area contributed by atoms with Crippen LogP contribution < -0.4 is 15.8 Å². The molecule has 0 amide bonds. The first kappa shape index (κ1) is 56.3. The van der Waals surface area contributed by atoms with E-state index in [1.54, 1.807) is 24.3 Å². The summed E-state index contributed by atoms with van der Waals surface area (Å²) in [5.41, 5.74) is 11.5. The lowest BCUT2D eigenvalue weighted by Crippen LogP contribution is -2.34. The van der Waals surface area contributed by atoms with E-state index in [1.165, 1.54) is 0 Å². The van der Waals surface area contributed by atoms with Crippen LogP contribution in [0.25, 0.3) is 10.8 Å². The van der Waals surface area contributed by atoms with Crippen molar-refractivity contribution in [2.45, 2.75) is 12.5 Å². The Kier molecular flexibility index (Phi) is 18.1. The van der Waals surface area contributed by atoms with Crippen LogP contribution in [-0.2, 0) is 10.3 Å². The molecule has 0 radical (unpaired) electrons. The van der Waals surface area contributed by atoms with Gasteiger partial charge in [0.05, 0.1) is 85.2 Å². The fourth-order valence-electron chi connectivity index (χ4n) is 8.08. The molecule has 0 unspecified atom stereocenters. The van der Waals surface area contributed by atoms with Gasteiger partial charge in [-0.1, -0.05) is 113 Å². The number of hydrogen-bond acceptors (Lipinski definition) is 13. The Bertz CT molecular complexity index is 3760. The molecule has 13 nitrogen and oxygen atoms in total. The highest BCUT2D eigenvalue weighted by molar-refractivity contribution is 14.1. The molecular weight excluding hydrogens is 1510 g/mol. The summed E-state index contributed by atoms with van der Waals surface area (Å²) in [5, 5.41) is 52.3. The van der Waals surface area contributed by atoms with Crippen molar-refractivity contribution in [3.8, 4) is 23.0 Å². The van der Waals surface area contributed by atoms with E-state index in [0.717, 1.165) is 62.8 Å². The van der Waals surface area contributed by atoms with Gasteiger partial charge in [0.15, 0.2) is 17.1 Å². The number of nitrogen functional groups attached to an aromatic ring is 1. The van der Waals surface area contributed by atoms with Crippen molar-refractivity contribution in [3.63, 3.8) is 0 Å². The van der Waals surface area contributed by atoms with E-state index in [4.69, 9.17) is 61.6 Å². The number of nitrogens with two attached hydrogens (primary N) is 1. The number of azo groups is 3. The third kappa shape index (κ3) is 11.8. The van der Waals surface area contributed by atoms with Crippen molar-refractivity contribution in [1.82, 2.24) is 0 Å². The molecule has 2 aliphatic heterocycles. The molecule has 11 rings (SSSR count). The molecule has 0 saturated heterocycles. The molecule has 9 aromatic rings. The van der Waals surface area contributed by atoms with Crippen LogP contribution in [0.15, 0.2) is 188 Å². The van der Waals surface area contributed by atoms with Crippen LogP contribution in [0.1, 0.15) is 34.0 Å². The summed E-state index contributed by atoms with van der Waals surface area (Å²) < 4.78 is 14.1. The summed E-state index contributed by atoms with van der Waals surface area (Å²) in [4.78, 5) is 13.3. The maximum absolute atomic E-state index is 13.3. The minimum Gasteiger partial charge on any atom is -0.506 e. The van der Waals surface area contributed by atoms with Crippen LogP contribution in [0.2, 0.25) is 20.1 Å². The van der Waals surface area contributed by atoms with Crippen molar-refractivity contribution in [1.29, 1.82) is 0 Å². The fourth-order valence-corrected chi connectivity index (χ4v) is 12.7. The Morgan fingerprint density at radius 2 is 1.00 bits per heavy atom. The number of phenols is 2. The second kappa shape index (κ2) is 24.7. The molecule has 0 aromatic heterocycles. The Morgan fingerprint density at radius 3 is 1.51 bits per heavy atom. The normalized spacial score (nSPS) is 12.9. The van der Waals surface area contributed by atoms with Crippen molar-refractivity contribution >= 4 is 199 Å². The Balaban J connectivity index is 0.000000150. The van der Waals surface area contributed by atoms with Gasteiger partial charge in [-0.15, -0.1) is 5.11 Å². The zero-order valence-corrected chi connectivity index (χ0v) is 51.3. The first-order valence-corrected chi connectivity index (χ1v) is 28.7. The number of anilines is 2. The van der Waals surface area contributed by atoms with Gasteiger partial charge in [-0.05, 0) is 194 Å². The van der Waals surface area contributed by atoms with Gasteiger partial charge in [0, 0.05) is 23.2 Å². The molecule has 0 saturated carbocycles. The number of nitrogens with one attached hydrogen (secondary N) is 1. The van der Waals surface area contributed by atoms with Crippen LogP contribution in [-0.4, -0.2) is 22.7 Å². The van der Waals surface area contributed by atoms with E-state index in [2.05, 4.69) is 61.1 Å². The average molecular weight is 1550 g/mol. The van der Waals surface area contributed by atoms with Crippen molar-refractivity contribution in [3.05, 3.63) is 214 Å². The van der Waals surface area contributed by atoms with E-state index >= 15 is 0 Å². The van der Waals surface area contributed by atoms with Gasteiger partial charge >= 0.3 is 5.97 Å². The van der Waals surface area contributed by atoms with E-state index in [-0.39, 0.29) is 54.2 Å². The van der Waals surface area contributed by atoms with Gasteiger partial charge < -0.3 is 30.7 Å². The minimum absolute atomic E-state index is 0.00102. The summed E-state index contributed by atoms with van der Waals surface area (Å²) in [6.07, 6.45) is 0. The van der Waals surface area contributed by atoms with Crippen molar-refractivity contribution in [2.24, 2.45) is 30.7 Å². The van der Waals surface area contributed by atoms with Crippen LogP contribution in [0.4, 0.5) is 45.5 Å². The maximum atomic E-state index is 13.3. The standard InChI is InChI=1S/C24H21N5.C20H4Cl4I4O5.C12H11N3/c1-2-25-23-17-12-18-8-6-7-11-22(18)24(23)29-28-21-15-13-20(14-16-21)27-26-19-9-4-3-5-10-19;21-9-7-8(10(22)12(24)11(9)23)20(33-19(7)31)3-1-5(25)15(29)13(27)17(3)32-18-4(20)2-6(26)16(30)14(18)28;13-10-6-8-12(9-7-10)15-14-11-4-2-1-3-5-11/h3-17,25H,2H2,1H3;1-2,29-30H;1-9H,13H2. The van der Waals surface area contributed by atoms with Gasteiger partial charge in [0.1, 0.15) is 17.2 Å². The first-order valence-electron chi connectivity index (χ1n) is 22.9.